The van der Waals surface area contributed by atoms with E-state index in [9.17, 15) is 13.2 Å². The second-order valence-electron chi connectivity index (χ2n) is 6.85. The number of hydrogen-bond acceptors (Lipinski definition) is 4. The van der Waals surface area contributed by atoms with Crippen LogP contribution in [-0.4, -0.2) is 44.9 Å². The molecule has 25 heavy (non-hydrogen) atoms. The summed E-state index contributed by atoms with van der Waals surface area (Å²) < 4.78 is 31.9. The number of hydrogen-bond donors (Lipinski definition) is 1. The number of ether oxygens (including phenoxy) is 1. The molecule has 1 aliphatic heterocycles. The predicted molar refractivity (Wildman–Crippen MR) is 97.0 cm³/mol. The van der Waals surface area contributed by atoms with E-state index in [2.05, 4.69) is 19.2 Å². The highest BCUT2D eigenvalue weighted by molar-refractivity contribution is 7.89. The Morgan fingerprint density at radius 3 is 2.36 bits per heavy atom. The van der Waals surface area contributed by atoms with E-state index in [4.69, 9.17) is 4.74 Å². The monoisotopic (exact) mass is 368 g/mol. The van der Waals surface area contributed by atoms with E-state index in [1.165, 1.54) is 4.31 Å². The first-order valence-electron chi connectivity index (χ1n) is 8.76. The van der Waals surface area contributed by atoms with E-state index in [1.54, 1.807) is 31.4 Å². The number of nitrogens with one attached hydrogen (secondary N) is 1. The second kappa shape index (κ2) is 8.67. The van der Waals surface area contributed by atoms with Gasteiger partial charge in [0, 0.05) is 25.6 Å². The summed E-state index contributed by atoms with van der Waals surface area (Å²) in [5.74, 6) is 1.19. The first-order chi connectivity index (χ1) is 11.8. The van der Waals surface area contributed by atoms with Gasteiger partial charge in [-0.1, -0.05) is 13.8 Å². The lowest BCUT2D eigenvalue weighted by atomic mass is 10.0. The van der Waals surface area contributed by atoms with Crippen LogP contribution in [0.1, 0.15) is 39.5 Å². The van der Waals surface area contributed by atoms with Crippen molar-refractivity contribution in [3.8, 4) is 5.75 Å². The van der Waals surface area contributed by atoms with E-state index >= 15 is 0 Å². The first kappa shape index (κ1) is 19.7. The van der Waals surface area contributed by atoms with Crippen molar-refractivity contribution in [1.82, 2.24) is 9.62 Å². The summed E-state index contributed by atoms with van der Waals surface area (Å²) in [7, 11) is -1.95. The molecule has 0 aliphatic carbocycles. The lowest BCUT2D eigenvalue weighted by molar-refractivity contribution is -0.122. The van der Waals surface area contributed by atoms with E-state index in [0.29, 0.717) is 44.0 Å². The van der Waals surface area contributed by atoms with Gasteiger partial charge in [0.25, 0.3) is 0 Å². The van der Waals surface area contributed by atoms with Gasteiger partial charge >= 0.3 is 0 Å². The molecule has 1 N–H and O–H groups in total. The Morgan fingerprint density at radius 2 is 1.84 bits per heavy atom. The lowest BCUT2D eigenvalue weighted by Gasteiger charge is -2.31. The van der Waals surface area contributed by atoms with E-state index in [-0.39, 0.29) is 16.8 Å². The molecule has 1 saturated heterocycles. The zero-order chi connectivity index (χ0) is 18.4. The Kier molecular flexibility index (Phi) is 6.84. The van der Waals surface area contributed by atoms with E-state index in [1.807, 2.05) is 0 Å². The molecule has 1 heterocycles. The van der Waals surface area contributed by atoms with Crippen LogP contribution in [-0.2, 0) is 14.8 Å². The summed E-state index contributed by atoms with van der Waals surface area (Å²) in [6, 6.07) is 6.48. The zero-order valence-electron chi connectivity index (χ0n) is 15.2. The fourth-order valence-corrected chi connectivity index (χ4v) is 4.33. The summed E-state index contributed by atoms with van der Waals surface area (Å²) in [6.07, 6.45) is 2.68. The van der Waals surface area contributed by atoms with Crippen LogP contribution in [0.5, 0.6) is 5.75 Å². The lowest BCUT2D eigenvalue weighted by Crippen LogP contribution is -2.46. The van der Waals surface area contributed by atoms with Crippen LogP contribution in [0.25, 0.3) is 0 Å². The van der Waals surface area contributed by atoms with Crippen molar-refractivity contribution in [1.29, 1.82) is 0 Å². The summed E-state index contributed by atoms with van der Waals surface area (Å²) in [5, 5.41) is 3.02. The minimum Gasteiger partial charge on any atom is -0.497 e. The molecule has 0 radical (unpaired) electrons. The molecule has 1 fully saturated rings. The Labute approximate surface area is 150 Å². The Hall–Kier alpha value is -1.60. The molecule has 2 rings (SSSR count). The highest BCUT2D eigenvalue weighted by atomic mass is 32.2. The minimum absolute atomic E-state index is 0.0574. The molecule has 0 bridgehead atoms. The molecule has 1 aromatic rings. The summed E-state index contributed by atoms with van der Waals surface area (Å²) in [6.45, 7) is 5.03. The highest BCUT2D eigenvalue weighted by Gasteiger charge is 2.29. The average molecular weight is 368 g/mol. The van der Waals surface area contributed by atoms with Crippen LogP contribution in [0.2, 0.25) is 0 Å². The highest BCUT2D eigenvalue weighted by Crippen LogP contribution is 2.23. The third-order valence-electron chi connectivity index (χ3n) is 4.46. The molecule has 1 amide bonds. The summed E-state index contributed by atoms with van der Waals surface area (Å²) in [5.41, 5.74) is 0. The number of piperidine rings is 1. The van der Waals surface area contributed by atoms with E-state index < -0.39 is 10.0 Å². The molecule has 0 aromatic heterocycles. The van der Waals surface area contributed by atoms with Crippen molar-refractivity contribution in [2.75, 3.05) is 20.2 Å². The molecule has 7 heteroatoms. The number of methoxy groups -OCH3 is 1. The predicted octanol–water partition coefficient (Wildman–Crippen LogP) is 2.40. The minimum atomic E-state index is -3.50. The zero-order valence-corrected chi connectivity index (χ0v) is 16.0. The number of rotatable bonds is 7. The third kappa shape index (κ3) is 5.44. The topological polar surface area (TPSA) is 75.7 Å². The maximum atomic E-state index is 12.7. The quantitative estimate of drug-likeness (QED) is 0.802. The van der Waals surface area contributed by atoms with Crippen LogP contribution in [0, 0.1) is 5.92 Å². The van der Waals surface area contributed by atoms with Gasteiger partial charge in [0.1, 0.15) is 5.75 Å². The van der Waals surface area contributed by atoms with Crippen LogP contribution in [0.15, 0.2) is 29.2 Å². The molecule has 0 spiro atoms. The van der Waals surface area contributed by atoms with Crippen molar-refractivity contribution < 1.29 is 17.9 Å². The number of carbonyl (C=O) groups is 1. The van der Waals surface area contributed by atoms with Gasteiger partial charge in [0.15, 0.2) is 0 Å². The van der Waals surface area contributed by atoms with Crippen LogP contribution in [0.4, 0.5) is 0 Å². The van der Waals surface area contributed by atoms with Gasteiger partial charge in [-0.05, 0) is 49.4 Å². The van der Waals surface area contributed by atoms with Crippen molar-refractivity contribution in [3.05, 3.63) is 24.3 Å². The fraction of sp³-hybridized carbons (Fsp3) is 0.611. The first-order valence-corrected chi connectivity index (χ1v) is 10.2. The molecule has 1 aliphatic rings. The van der Waals surface area contributed by atoms with Gasteiger partial charge in [0.05, 0.1) is 12.0 Å². The smallest absolute Gasteiger partial charge is 0.243 e. The van der Waals surface area contributed by atoms with Gasteiger partial charge in [-0.3, -0.25) is 4.79 Å². The van der Waals surface area contributed by atoms with Crippen molar-refractivity contribution in [2.45, 2.75) is 50.5 Å². The Morgan fingerprint density at radius 1 is 1.24 bits per heavy atom. The van der Waals surface area contributed by atoms with Crippen molar-refractivity contribution in [2.24, 2.45) is 5.92 Å². The van der Waals surface area contributed by atoms with Crippen LogP contribution < -0.4 is 10.1 Å². The molecule has 1 aromatic carbocycles. The van der Waals surface area contributed by atoms with Gasteiger partial charge in [-0.15, -0.1) is 0 Å². The largest absolute Gasteiger partial charge is 0.497 e. The van der Waals surface area contributed by atoms with Gasteiger partial charge in [-0.25, -0.2) is 8.42 Å². The third-order valence-corrected chi connectivity index (χ3v) is 6.38. The molecule has 6 nitrogen and oxygen atoms in total. The summed E-state index contributed by atoms with van der Waals surface area (Å²) >= 11 is 0. The number of benzene rings is 1. The summed E-state index contributed by atoms with van der Waals surface area (Å²) in [4.78, 5) is 12.2. The molecule has 140 valence electrons. The van der Waals surface area contributed by atoms with Crippen LogP contribution in [0.3, 0.4) is 0 Å². The molecule has 0 saturated carbocycles. The molecule has 0 unspecified atom stereocenters. The Balaban J connectivity index is 1.89. The maximum absolute atomic E-state index is 12.7. The maximum Gasteiger partial charge on any atom is 0.243 e. The second-order valence-corrected chi connectivity index (χ2v) is 8.79. The number of nitrogens with zero attached hydrogens (tertiary/aromatic N) is 1. The Bertz CT molecular complexity index is 663. The van der Waals surface area contributed by atoms with Crippen LogP contribution >= 0.6 is 0 Å². The average Bonchev–Trinajstić information content (AvgIpc) is 2.60. The molecular formula is C18H28N2O4S. The van der Waals surface area contributed by atoms with E-state index in [0.717, 1.165) is 6.42 Å². The number of carbonyl (C=O) groups excluding carboxylic acids is 1. The van der Waals surface area contributed by atoms with Gasteiger partial charge in [0.2, 0.25) is 15.9 Å². The van der Waals surface area contributed by atoms with Crippen molar-refractivity contribution in [3.63, 3.8) is 0 Å². The number of sulfonamides is 1. The SMILES string of the molecule is COc1ccc(S(=O)(=O)N2CCC(NC(=O)CCC(C)C)CC2)cc1. The standard InChI is InChI=1S/C18H28N2O4S/c1-14(2)4-9-18(21)19-15-10-12-20(13-11-15)25(22,23)17-7-5-16(24-3)6-8-17/h5-8,14-15H,4,9-13H2,1-3H3,(H,19,21). The van der Waals surface area contributed by atoms with Gasteiger partial charge in [-0.2, -0.15) is 4.31 Å². The normalized spacial score (nSPS) is 16.8. The fourth-order valence-electron chi connectivity index (χ4n) is 2.86. The molecular weight excluding hydrogens is 340 g/mol. The van der Waals surface area contributed by atoms with Crippen molar-refractivity contribution >= 4 is 15.9 Å². The number of amides is 1. The molecule has 0 atom stereocenters. The van der Waals surface area contributed by atoms with Gasteiger partial charge < -0.3 is 10.1 Å².